The molecule has 2 rings (SSSR count). The molecule has 4 heteroatoms. The van der Waals surface area contributed by atoms with Crippen LogP contribution in [0.1, 0.15) is 12.8 Å². The highest BCUT2D eigenvalue weighted by Gasteiger charge is 2.32. The van der Waals surface area contributed by atoms with Gasteiger partial charge in [-0.1, -0.05) is 0 Å². The van der Waals surface area contributed by atoms with Crippen molar-refractivity contribution in [1.82, 2.24) is 10.2 Å². The van der Waals surface area contributed by atoms with Crippen LogP contribution in [0.2, 0.25) is 0 Å². The van der Waals surface area contributed by atoms with Crippen molar-refractivity contribution in [3.05, 3.63) is 0 Å². The van der Waals surface area contributed by atoms with E-state index in [0.717, 1.165) is 39.1 Å². The average molecular weight is 212 g/mol. The molecule has 2 atom stereocenters. The van der Waals surface area contributed by atoms with Crippen LogP contribution in [0.5, 0.6) is 0 Å². The zero-order valence-electron chi connectivity index (χ0n) is 9.37. The van der Waals surface area contributed by atoms with Crippen molar-refractivity contribution in [3.8, 4) is 0 Å². The molecule has 2 saturated heterocycles. The first-order chi connectivity index (χ1) is 7.31. The van der Waals surface area contributed by atoms with E-state index in [1.54, 1.807) is 0 Å². The van der Waals surface area contributed by atoms with Gasteiger partial charge < -0.3 is 15.0 Å². The minimum absolute atomic E-state index is 0.137. The monoisotopic (exact) mass is 212 g/mol. The maximum Gasteiger partial charge on any atom is 0.228 e. The predicted octanol–water partition coefficient (Wildman–Crippen LogP) is 0.0908. The van der Waals surface area contributed by atoms with Gasteiger partial charge in [0.25, 0.3) is 0 Å². The van der Waals surface area contributed by atoms with E-state index in [1.807, 2.05) is 11.9 Å². The Bertz CT molecular complexity index is 227. The van der Waals surface area contributed by atoms with Crippen molar-refractivity contribution in [2.75, 3.05) is 39.9 Å². The van der Waals surface area contributed by atoms with E-state index in [2.05, 4.69) is 5.32 Å². The molecule has 2 aliphatic rings. The Labute approximate surface area is 91.0 Å². The molecule has 2 unspecified atom stereocenters. The number of ether oxygens (including phenoxy) is 1. The number of carbonyl (C=O) groups is 1. The Hall–Kier alpha value is -0.610. The quantitative estimate of drug-likeness (QED) is 0.721. The number of rotatable bonds is 3. The highest BCUT2D eigenvalue weighted by atomic mass is 16.5. The molecule has 0 spiro atoms. The largest absolute Gasteiger partial charge is 0.381 e. The smallest absolute Gasteiger partial charge is 0.228 e. The van der Waals surface area contributed by atoms with Gasteiger partial charge in [0.1, 0.15) is 0 Å². The molecular formula is C11H20N2O2. The molecule has 0 aromatic heterocycles. The summed E-state index contributed by atoms with van der Waals surface area (Å²) in [5.41, 5.74) is 0. The summed E-state index contributed by atoms with van der Waals surface area (Å²) in [4.78, 5) is 14.0. The molecule has 0 bridgehead atoms. The topological polar surface area (TPSA) is 41.6 Å². The maximum absolute atomic E-state index is 12.0. The molecule has 4 nitrogen and oxygen atoms in total. The Morgan fingerprint density at radius 3 is 3.07 bits per heavy atom. The number of likely N-dealkylation sites (tertiary alicyclic amines) is 1. The van der Waals surface area contributed by atoms with Crippen LogP contribution in [0.25, 0.3) is 0 Å². The summed E-state index contributed by atoms with van der Waals surface area (Å²) in [5.74, 6) is 1.09. The molecule has 2 fully saturated rings. The average Bonchev–Trinajstić information content (AvgIpc) is 2.87. The highest BCUT2D eigenvalue weighted by molar-refractivity contribution is 5.79. The van der Waals surface area contributed by atoms with E-state index in [1.165, 1.54) is 0 Å². The first kappa shape index (κ1) is 10.9. The minimum atomic E-state index is 0.137. The van der Waals surface area contributed by atoms with Gasteiger partial charge in [-0.25, -0.2) is 0 Å². The second kappa shape index (κ2) is 4.94. The van der Waals surface area contributed by atoms with Crippen molar-refractivity contribution in [2.24, 2.45) is 11.8 Å². The molecule has 0 aliphatic carbocycles. The molecule has 0 aromatic rings. The van der Waals surface area contributed by atoms with Crippen LogP contribution >= 0.6 is 0 Å². The lowest BCUT2D eigenvalue weighted by Gasteiger charge is -2.19. The first-order valence-corrected chi connectivity index (χ1v) is 5.82. The van der Waals surface area contributed by atoms with Gasteiger partial charge >= 0.3 is 0 Å². The van der Waals surface area contributed by atoms with Crippen molar-refractivity contribution in [2.45, 2.75) is 12.8 Å². The molecule has 0 saturated carbocycles. The third kappa shape index (κ3) is 2.49. The second-order valence-electron chi connectivity index (χ2n) is 4.56. The van der Waals surface area contributed by atoms with Crippen LogP contribution < -0.4 is 5.32 Å². The summed E-state index contributed by atoms with van der Waals surface area (Å²) < 4.78 is 5.25. The number of nitrogens with one attached hydrogen (secondary N) is 1. The number of carbonyl (C=O) groups excluding carboxylic acids is 1. The normalized spacial score (nSPS) is 31.1. The zero-order chi connectivity index (χ0) is 10.7. The molecule has 0 aromatic carbocycles. The van der Waals surface area contributed by atoms with Gasteiger partial charge in [0.2, 0.25) is 5.91 Å². The van der Waals surface area contributed by atoms with Gasteiger partial charge in [-0.3, -0.25) is 4.79 Å². The Morgan fingerprint density at radius 2 is 2.40 bits per heavy atom. The number of nitrogens with zero attached hydrogens (tertiary/aromatic N) is 1. The van der Waals surface area contributed by atoms with E-state index in [9.17, 15) is 4.79 Å². The second-order valence-corrected chi connectivity index (χ2v) is 4.56. The Kier molecular flexibility index (Phi) is 3.59. The fraction of sp³-hybridized carbons (Fsp3) is 0.909. The Balaban J connectivity index is 1.81. The molecule has 1 amide bonds. The summed E-state index contributed by atoms with van der Waals surface area (Å²) >= 11 is 0. The van der Waals surface area contributed by atoms with Crippen molar-refractivity contribution in [3.63, 3.8) is 0 Å². The zero-order valence-corrected chi connectivity index (χ0v) is 9.37. The molecule has 86 valence electrons. The Morgan fingerprint density at radius 1 is 1.53 bits per heavy atom. The maximum atomic E-state index is 12.0. The van der Waals surface area contributed by atoms with E-state index in [4.69, 9.17) is 4.74 Å². The molecule has 0 radical (unpaired) electrons. The summed E-state index contributed by atoms with van der Waals surface area (Å²) in [6, 6.07) is 0. The first-order valence-electron chi connectivity index (χ1n) is 5.82. The fourth-order valence-corrected chi connectivity index (χ4v) is 2.48. The summed E-state index contributed by atoms with van der Waals surface area (Å²) in [6.07, 6.45) is 2.05. The SMILES string of the molecule is CNCC1CCN(C(=O)C2CCOC2)C1. The summed E-state index contributed by atoms with van der Waals surface area (Å²) in [5, 5.41) is 3.18. The third-order valence-corrected chi connectivity index (χ3v) is 3.37. The number of hydrogen-bond donors (Lipinski definition) is 1. The molecular weight excluding hydrogens is 192 g/mol. The highest BCUT2D eigenvalue weighted by Crippen LogP contribution is 2.21. The summed E-state index contributed by atoms with van der Waals surface area (Å²) in [6.45, 7) is 4.26. The van der Waals surface area contributed by atoms with Gasteiger partial charge in [0.15, 0.2) is 0 Å². The lowest BCUT2D eigenvalue weighted by atomic mass is 10.1. The van der Waals surface area contributed by atoms with Crippen molar-refractivity contribution in [1.29, 1.82) is 0 Å². The van der Waals surface area contributed by atoms with Crippen LogP contribution in [-0.4, -0.2) is 50.7 Å². The van der Waals surface area contributed by atoms with Crippen molar-refractivity contribution < 1.29 is 9.53 Å². The van der Waals surface area contributed by atoms with E-state index in [-0.39, 0.29) is 5.92 Å². The van der Waals surface area contributed by atoms with E-state index < -0.39 is 0 Å². The standard InChI is InChI=1S/C11H20N2O2/c1-12-6-9-2-4-13(7-9)11(14)10-3-5-15-8-10/h9-10,12H,2-8H2,1H3. The number of hydrogen-bond acceptors (Lipinski definition) is 3. The molecule has 2 aliphatic heterocycles. The lowest BCUT2D eigenvalue weighted by molar-refractivity contribution is -0.134. The molecule has 1 N–H and O–H groups in total. The number of amides is 1. The van der Waals surface area contributed by atoms with Gasteiger partial charge in [0, 0.05) is 19.7 Å². The lowest BCUT2D eigenvalue weighted by Crippen LogP contribution is -2.35. The van der Waals surface area contributed by atoms with E-state index >= 15 is 0 Å². The molecule has 15 heavy (non-hydrogen) atoms. The van der Waals surface area contributed by atoms with Gasteiger partial charge in [0.05, 0.1) is 12.5 Å². The van der Waals surface area contributed by atoms with Crippen LogP contribution in [0.15, 0.2) is 0 Å². The fourth-order valence-electron chi connectivity index (χ4n) is 2.48. The van der Waals surface area contributed by atoms with Crippen LogP contribution in [0.3, 0.4) is 0 Å². The van der Waals surface area contributed by atoms with Crippen LogP contribution in [0.4, 0.5) is 0 Å². The van der Waals surface area contributed by atoms with Crippen LogP contribution in [-0.2, 0) is 9.53 Å². The van der Waals surface area contributed by atoms with Gasteiger partial charge in [-0.15, -0.1) is 0 Å². The third-order valence-electron chi connectivity index (χ3n) is 3.37. The van der Waals surface area contributed by atoms with Crippen molar-refractivity contribution >= 4 is 5.91 Å². The molecule has 2 heterocycles. The predicted molar refractivity (Wildman–Crippen MR) is 57.5 cm³/mol. The van der Waals surface area contributed by atoms with Gasteiger partial charge in [-0.05, 0) is 32.4 Å². The van der Waals surface area contributed by atoms with Gasteiger partial charge in [-0.2, -0.15) is 0 Å². The summed E-state index contributed by atoms with van der Waals surface area (Å²) in [7, 11) is 1.97. The van der Waals surface area contributed by atoms with E-state index in [0.29, 0.717) is 18.4 Å². The minimum Gasteiger partial charge on any atom is -0.381 e. The van der Waals surface area contributed by atoms with Crippen LogP contribution in [0, 0.1) is 11.8 Å².